The zero-order valence-electron chi connectivity index (χ0n) is 17.5. The zero-order chi connectivity index (χ0) is 23.5. The summed E-state index contributed by atoms with van der Waals surface area (Å²) in [7, 11) is 0. The van der Waals surface area contributed by atoms with Gasteiger partial charge in [-0.25, -0.2) is 0 Å². The molecule has 0 aliphatic carbocycles. The second-order valence-corrected chi connectivity index (χ2v) is 7.65. The maximum absolute atomic E-state index is 12.3. The molecule has 0 spiro atoms. The quantitative estimate of drug-likeness (QED) is 0.334. The van der Waals surface area contributed by atoms with Crippen LogP contribution < -0.4 is 25.6 Å². The number of halogens is 1. The molecule has 0 saturated carbocycles. The van der Waals surface area contributed by atoms with Crippen molar-refractivity contribution >= 4 is 40.7 Å². The van der Waals surface area contributed by atoms with E-state index in [4.69, 9.17) is 33.3 Å². The number of benzene rings is 3. The summed E-state index contributed by atoms with van der Waals surface area (Å²) in [6, 6.07) is 23.3. The van der Waals surface area contributed by atoms with Crippen LogP contribution in [0, 0.1) is 0 Å². The topological polar surface area (TPSA) is 88.7 Å². The van der Waals surface area contributed by atoms with E-state index in [9.17, 15) is 9.59 Å². The lowest BCUT2D eigenvalue weighted by Gasteiger charge is -2.12. The van der Waals surface area contributed by atoms with E-state index in [-0.39, 0.29) is 11.7 Å². The van der Waals surface area contributed by atoms with Crippen LogP contribution in [0.25, 0.3) is 0 Å². The highest BCUT2D eigenvalue weighted by molar-refractivity contribution is 7.80. The van der Waals surface area contributed by atoms with Crippen molar-refractivity contribution in [3.63, 3.8) is 0 Å². The van der Waals surface area contributed by atoms with Gasteiger partial charge in [0.15, 0.2) is 11.7 Å². The Hall–Kier alpha value is -3.62. The molecule has 33 heavy (non-hydrogen) atoms. The van der Waals surface area contributed by atoms with E-state index in [1.165, 1.54) is 5.56 Å². The van der Waals surface area contributed by atoms with E-state index in [1.807, 2.05) is 30.3 Å². The highest BCUT2D eigenvalue weighted by Crippen LogP contribution is 2.15. The molecule has 0 saturated heterocycles. The second-order valence-electron chi connectivity index (χ2n) is 6.81. The Kier molecular flexibility index (Phi) is 9.05. The van der Waals surface area contributed by atoms with Gasteiger partial charge in [-0.3, -0.25) is 25.8 Å². The van der Waals surface area contributed by atoms with Crippen molar-refractivity contribution in [1.82, 2.24) is 16.2 Å². The molecule has 0 heterocycles. The maximum Gasteiger partial charge on any atom is 0.276 e. The number of thiocarbonyl (C=S) groups is 1. The molecule has 170 valence electrons. The first-order chi connectivity index (χ1) is 16.0. The third-order valence-electron chi connectivity index (χ3n) is 4.34. The van der Waals surface area contributed by atoms with Crippen LogP contribution in [0.2, 0.25) is 5.02 Å². The summed E-state index contributed by atoms with van der Waals surface area (Å²) in [5.41, 5.74) is 6.40. The average molecular weight is 484 g/mol. The van der Waals surface area contributed by atoms with Crippen molar-refractivity contribution in [1.29, 1.82) is 0 Å². The van der Waals surface area contributed by atoms with Crippen molar-refractivity contribution in [3.8, 4) is 11.5 Å². The van der Waals surface area contributed by atoms with Crippen molar-refractivity contribution in [2.45, 2.75) is 6.42 Å². The first-order valence-corrected chi connectivity index (χ1v) is 10.8. The molecule has 0 aliphatic rings. The van der Waals surface area contributed by atoms with Crippen LogP contribution in [0.15, 0.2) is 78.9 Å². The van der Waals surface area contributed by atoms with Crippen LogP contribution in [-0.2, 0) is 11.2 Å². The Balaban J connectivity index is 1.35. The summed E-state index contributed by atoms with van der Waals surface area (Å²) in [5.74, 6) is 0.266. The Morgan fingerprint density at radius 3 is 2.15 bits per heavy atom. The number of hydrazine groups is 1. The summed E-state index contributed by atoms with van der Waals surface area (Å²) < 4.78 is 11.0. The molecule has 0 unspecified atom stereocenters. The van der Waals surface area contributed by atoms with Crippen LogP contribution >= 0.6 is 23.8 Å². The van der Waals surface area contributed by atoms with E-state index >= 15 is 0 Å². The Morgan fingerprint density at radius 2 is 1.45 bits per heavy atom. The van der Waals surface area contributed by atoms with Gasteiger partial charge in [-0.1, -0.05) is 41.9 Å². The molecule has 3 aromatic rings. The van der Waals surface area contributed by atoms with E-state index in [2.05, 4.69) is 16.2 Å². The summed E-state index contributed by atoms with van der Waals surface area (Å²) in [6.45, 7) is 0.294. The van der Waals surface area contributed by atoms with Gasteiger partial charge in [0.25, 0.3) is 11.8 Å². The summed E-state index contributed by atoms with van der Waals surface area (Å²) in [4.78, 5) is 24.2. The molecule has 3 rings (SSSR count). The minimum atomic E-state index is -0.474. The maximum atomic E-state index is 12.3. The van der Waals surface area contributed by atoms with E-state index in [1.54, 1.807) is 48.5 Å². The molecule has 0 atom stereocenters. The van der Waals surface area contributed by atoms with Crippen LogP contribution in [0.1, 0.15) is 15.9 Å². The highest BCUT2D eigenvalue weighted by atomic mass is 35.5. The van der Waals surface area contributed by atoms with Crippen molar-refractivity contribution in [2.24, 2.45) is 0 Å². The molecular formula is C24H22ClN3O4S. The highest BCUT2D eigenvalue weighted by Gasteiger charge is 2.09. The monoisotopic (exact) mass is 483 g/mol. The lowest BCUT2D eigenvalue weighted by atomic mass is 10.2. The smallest absolute Gasteiger partial charge is 0.276 e. The van der Waals surface area contributed by atoms with Crippen molar-refractivity contribution in [3.05, 3.63) is 95.0 Å². The molecule has 0 aromatic heterocycles. The molecule has 0 fully saturated rings. The fraction of sp³-hybridized carbons (Fsp3) is 0.125. The number of nitrogens with one attached hydrogen (secondary N) is 3. The number of rotatable bonds is 8. The largest absolute Gasteiger partial charge is 0.493 e. The Bertz CT molecular complexity index is 1080. The van der Waals surface area contributed by atoms with Crippen molar-refractivity contribution < 1.29 is 19.1 Å². The number of carbonyl (C=O) groups is 2. The lowest BCUT2D eigenvalue weighted by Crippen LogP contribution is -2.49. The molecule has 3 N–H and O–H groups in total. The lowest BCUT2D eigenvalue weighted by molar-refractivity contribution is -0.123. The third-order valence-corrected chi connectivity index (χ3v) is 4.80. The second kappa shape index (κ2) is 12.4. The predicted molar refractivity (Wildman–Crippen MR) is 130 cm³/mol. The van der Waals surface area contributed by atoms with Crippen molar-refractivity contribution in [2.75, 3.05) is 13.2 Å². The number of ether oxygens (including phenoxy) is 2. The number of carbonyl (C=O) groups excluding carboxylic acids is 2. The van der Waals surface area contributed by atoms with Gasteiger partial charge < -0.3 is 9.47 Å². The van der Waals surface area contributed by atoms with Crippen LogP contribution in [-0.4, -0.2) is 30.1 Å². The van der Waals surface area contributed by atoms with Gasteiger partial charge in [-0.05, 0) is 66.3 Å². The molecule has 3 aromatic carbocycles. The van der Waals surface area contributed by atoms with E-state index < -0.39 is 11.8 Å². The van der Waals surface area contributed by atoms with Crippen LogP contribution in [0.4, 0.5) is 0 Å². The molecule has 7 nitrogen and oxygen atoms in total. The zero-order valence-corrected chi connectivity index (χ0v) is 19.1. The summed E-state index contributed by atoms with van der Waals surface area (Å²) in [5, 5.41) is 3.00. The van der Waals surface area contributed by atoms with Gasteiger partial charge in [0.2, 0.25) is 0 Å². The van der Waals surface area contributed by atoms with E-state index in [0.717, 1.165) is 6.42 Å². The SMILES string of the molecule is O=C(COc1ccc(Cl)cc1)NNC(=S)NC(=O)c1ccc(OCCc2ccccc2)cc1. The fourth-order valence-electron chi connectivity index (χ4n) is 2.68. The first kappa shape index (κ1) is 24.0. The Labute approximate surface area is 202 Å². The van der Waals surface area contributed by atoms with Gasteiger partial charge in [0, 0.05) is 17.0 Å². The third kappa shape index (κ3) is 8.44. The Morgan fingerprint density at radius 1 is 0.818 bits per heavy atom. The number of hydrogen-bond acceptors (Lipinski definition) is 5. The van der Waals surface area contributed by atoms with E-state index in [0.29, 0.717) is 28.7 Å². The average Bonchev–Trinajstić information content (AvgIpc) is 2.83. The van der Waals surface area contributed by atoms with Crippen LogP contribution in [0.3, 0.4) is 0 Å². The molecule has 0 aliphatic heterocycles. The number of amides is 2. The van der Waals surface area contributed by atoms with Gasteiger partial charge in [0.05, 0.1) is 6.61 Å². The van der Waals surface area contributed by atoms with Gasteiger partial charge >= 0.3 is 0 Å². The van der Waals surface area contributed by atoms with Crippen LogP contribution in [0.5, 0.6) is 11.5 Å². The summed E-state index contributed by atoms with van der Waals surface area (Å²) >= 11 is 10.8. The fourth-order valence-corrected chi connectivity index (χ4v) is 2.95. The minimum Gasteiger partial charge on any atom is -0.493 e. The molecule has 9 heteroatoms. The van der Waals surface area contributed by atoms with Gasteiger partial charge in [0.1, 0.15) is 11.5 Å². The predicted octanol–water partition coefficient (Wildman–Crippen LogP) is 3.68. The molecule has 0 radical (unpaired) electrons. The minimum absolute atomic E-state index is 0.0527. The normalized spacial score (nSPS) is 10.1. The first-order valence-electron chi connectivity index (χ1n) is 10.0. The molecule has 2 amide bonds. The molecular weight excluding hydrogens is 462 g/mol. The molecule has 0 bridgehead atoms. The number of hydrogen-bond donors (Lipinski definition) is 3. The van der Waals surface area contributed by atoms with Gasteiger partial charge in [-0.2, -0.15) is 0 Å². The summed E-state index contributed by atoms with van der Waals surface area (Å²) in [6.07, 6.45) is 0.791. The van der Waals surface area contributed by atoms with Gasteiger partial charge in [-0.15, -0.1) is 0 Å². The standard InChI is InChI=1S/C24H22ClN3O4S/c25-19-8-12-21(13-9-19)32-16-22(29)27-28-24(33)26-23(30)18-6-10-20(11-7-18)31-15-14-17-4-2-1-3-5-17/h1-13H,14-16H2,(H,27,29)(H2,26,28,30,33).